The summed E-state index contributed by atoms with van der Waals surface area (Å²) in [6, 6.07) is 11.9. The lowest BCUT2D eigenvalue weighted by molar-refractivity contribution is 0.617. The standard InChI is InChI=1S/C16H13ClN2O/c17-13-3-4-15-14(8-13)19-16(20-15)11-2-1-10-5-6-18-9-12(10)7-11/h1-4,7-8,18H,5-6,9H2. The molecular weight excluding hydrogens is 272 g/mol. The van der Waals surface area contributed by atoms with Crippen LogP contribution in [0.15, 0.2) is 40.8 Å². The van der Waals surface area contributed by atoms with Gasteiger partial charge in [0.1, 0.15) is 5.52 Å². The van der Waals surface area contributed by atoms with E-state index in [4.69, 9.17) is 16.0 Å². The largest absolute Gasteiger partial charge is 0.436 e. The van der Waals surface area contributed by atoms with Crippen molar-refractivity contribution < 1.29 is 4.42 Å². The molecule has 20 heavy (non-hydrogen) atoms. The zero-order valence-electron chi connectivity index (χ0n) is 10.8. The summed E-state index contributed by atoms with van der Waals surface area (Å²) in [5.41, 5.74) is 5.31. The molecule has 3 nitrogen and oxygen atoms in total. The fourth-order valence-corrected chi connectivity index (χ4v) is 2.80. The Kier molecular flexibility index (Phi) is 2.76. The number of nitrogens with one attached hydrogen (secondary N) is 1. The summed E-state index contributed by atoms with van der Waals surface area (Å²) in [6.45, 7) is 1.96. The summed E-state index contributed by atoms with van der Waals surface area (Å²) in [7, 11) is 0. The first-order valence-electron chi connectivity index (χ1n) is 6.68. The molecule has 0 saturated heterocycles. The van der Waals surface area contributed by atoms with Gasteiger partial charge in [-0.05, 0) is 54.4 Å². The zero-order valence-corrected chi connectivity index (χ0v) is 11.6. The number of hydrogen-bond acceptors (Lipinski definition) is 3. The third-order valence-corrected chi connectivity index (χ3v) is 3.92. The predicted molar refractivity (Wildman–Crippen MR) is 79.9 cm³/mol. The Hall–Kier alpha value is -1.84. The molecule has 1 N–H and O–H groups in total. The van der Waals surface area contributed by atoms with Crippen LogP contribution in [-0.2, 0) is 13.0 Å². The van der Waals surface area contributed by atoms with Crippen LogP contribution in [-0.4, -0.2) is 11.5 Å². The molecule has 3 aromatic rings. The monoisotopic (exact) mass is 284 g/mol. The number of oxazole rings is 1. The molecular formula is C16H13ClN2O. The highest BCUT2D eigenvalue weighted by molar-refractivity contribution is 6.31. The van der Waals surface area contributed by atoms with E-state index in [0.717, 1.165) is 36.2 Å². The van der Waals surface area contributed by atoms with Gasteiger partial charge in [-0.1, -0.05) is 17.7 Å². The van der Waals surface area contributed by atoms with Gasteiger partial charge in [0.2, 0.25) is 5.89 Å². The molecule has 0 unspecified atom stereocenters. The number of nitrogens with zero attached hydrogens (tertiary/aromatic N) is 1. The number of hydrogen-bond donors (Lipinski definition) is 1. The van der Waals surface area contributed by atoms with Gasteiger partial charge in [-0.15, -0.1) is 0 Å². The summed E-state index contributed by atoms with van der Waals surface area (Å²) >= 11 is 5.98. The Morgan fingerprint density at radius 3 is 3.00 bits per heavy atom. The quantitative estimate of drug-likeness (QED) is 0.739. The topological polar surface area (TPSA) is 38.1 Å². The second kappa shape index (κ2) is 4.62. The van der Waals surface area contributed by atoms with E-state index < -0.39 is 0 Å². The van der Waals surface area contributed by atoms with Gasteiger partial charge in [0.25, 0.3) is 0 Å². The lowest BCUT2D eigenvalue weighted by atomic mass is 9.98. The highest BCUT2D eigenvalue weighted by Gasteiger charge is 2.13. The molecule has 4 rings (SSSR count). The third-order valence-electron chi connectivity index (χ3n) is 3.69. The van der Waals surface area contributed by atoms with Gasteiger partial charge in [-0.3, -0.25) is 0 Å². The second-order valence-corrected chi connectivity index (χ2v) is 5.48. The normalized spacial score (nSPS) is 14.4. The van der Waals surface area contributed by atoms with Crippen LogP contribution in [0.5, 0.6) is 0 Å². The maximum Gasteiger partial charge on any atom is 0.227 e. The Balaban J connectivity index is 1.82. The van der Waals surface area contributed by atoms with Gasteiger partial charge < -0.3 is 9.73 Å². The van der Waals surface area contributed by atoms with Crippen molar-refractivity contribution in [3.63, 3.8) is 0 Å². The van der Waals surface area contributed by atoms with Crippen LogP contribution >= 0.6 is 11.6 Å². The molecule has 2 heterocycles. The number of aromatic nitrogens is 1. The van der Waals surface area contributed by atoms with Crippen molar-refractivity contribution in [2.75, 3.05) is 6.54 Å². The maximum atomic E-state index is 5.98. The molecule has 100 valence electrons. The Bertz CT molecular complexity index is 794. The SMILES string of the molecule is Clc1ccc2oc(-c3ccc4c(c3)CNCC4)nc2c1. The van der Waals surface area contributed by atoms with Gasteiger partial charge in [-0.25, -0.2) is 4.98 Å². The molecule has 0 fully saturated rings. The van der Waals surface area contributed by atoms with Crippen molar-refractivity contribution >= 4 is 22.7 Å². The third kappa shape index (κ3) is 1.99. The molecule has 1 aromatic heterocycles. The first-order chi connectivity index (χ1) is 9.79. The molecule has 0 amide bonds. The van der Waals surface area contributed by atoms with Crippen LogP contribution in [0.3, 0.4) is 0 Å². The fourth-order valence-electron chi connectivity index (χ4n) is 2.64. The highest BCUT2D eigenvalue weighted by atomic mass is 35.5. The summed E-state index contributed by atoms with van der Waals surface area (Å²) in [5.74, 6) is 0.649. The van der Waals surface area contributed by atoms with Crippen molar-refractivity contribution in [3.8, 4) is 11.5 Å². The number of fused-ring (bicyclic) bond motifs is 2. The van der Waals surface area contributed by atoms with Crippen molar-refractivity contribution in [3.05, 3.63) is 52.5 Å². The minimum absolute atomic E-state index is 0.649. The van der Waals surface area contributed by atoms with Gasteiger partial charge in [0.05, 0.1) is 0 Å². The minimum Gasteiger partial charge on any atom is -0.436 e. The van der Waals surface area contributed by atoms with Crippen molar-refractivity contribution in [2.45, 2.75) is 13.0 Å². The molecule has 0 atom stereocenters. The molecule has 0 bridgehead atoms. The van der Waals surface area contributed by atoms with Crippen LogP contribution in [0.25, 0.3) is 22.6 Å². The first-order valence-corrected chi connectivity index (χ1v) is 7.06. The molecule has 0 spiro atoms. The van der Waals surface area contributed by atoms with Crippen LogP contribution in [0, 0.1) is 0 Å². The lowest BCUT2D eigenvalue weighted by Crippen LogP contribution is -2.23. The van der Waals surface area contributed by atoms with E-state index in [-0.39, 0.29) is 0 Å². The second-order valence-electron chi connectivity index (χ2n) is 5.04. The molecule has 0 saturated carbocycles. The summed E-state index contributed by atoms with van der Waals surface area (Å²) in [6.07, 6.45) is 1.08. The van der Waals surface area contributed by atoms with Crippen molar-refractivity contribution in [2.24, 2.45) is 0 Å². The summed E-state index contributed by atoms with van der Waals surface area (Å²) in [4.78, 5) is 4.52. The lowest BCUT2D eigenvalue weighted by Gasteiger charge is -2.17. The molecule has 1 aliphatic rings. The van der Waals surface area contributed by atoms with E-state index in [0.29, 0.717) is 10.9 Å². The van der Waals surface area contributed by atoms with Crippen LogP contribution in [0.2, 0.25) is 5.02 Å². The van der Waals surface area contributed by atoms with Crippen molar-refractivity contribution in [1.82, 2.24) is 10.3 Å². The predicted octanol–water partition coefficient (Wildman–Crippen LogP) is 3.79. The number of halogens is 1. The van der Waals surface area contributed by atoms with E-state index in [1.807, 2.05) is 18.2 Å². The smallest absolute Gasteiger partial charge is 0.227 e. The van der Waals surface area contributed by atoms with E-state index in [2.05, 4.69) is 28.5 Å². The zero-order chi connectivity index (χ0) is 13.5. The maximum absolute atomic E-state index is 5.98. The number of rotatable bonds is 1. The summed E-state index contributed by atoms with van der Waals surface area (Å²) < 4.78 is 5.81. The molecule has 4 heteroatoms. The van der Waals surface area contributed by atoms with E-state index in [1.165, 1.54) is 11.1 Å². The molecule has 0 radical (unpaired) electrons. The van der Waals surface area contributed by atoms with Gasteiger partial charge >= 0.3 is 0 Å². The molecule has 1 aliphatic heterocycles. The number of benzene rings is 2. The van der Waals surface area contributed by atoms with Gasteiger partial charge in [0, 0.05) is 17.1 Å². The Labute approximate surface area is 121 Å². The fraction of sp³-hybridized carbons (Fsp3) is 0.188. The Morgan fingerprint density at radius 1 is 1.10 bits per heavy atom. The molecule has 2 aromatic carbocycles. The first kappa shape index (κ1) is 11.9. The minimum atomic E-state index is 0.649. The van der Waals surface area contributed by atoms with E-state index in [9.17, 15) is 0 Å². The van der Waals surface area contributed by atoms with E-state index in [1.54, 1.807) is 0 Å². The van der Waals surface area contributed by atoms with E-state index >= 15 is 0 Å². The highest BCUT2D eigenvalue weighted by Crippen LogP contribution is 2.28. The summed E-state index contributed by atoms with van der Waals surface area (Å²) in [5, 5.41) is 4.06. The van der Waals surface area contributed by atoms with Crippen LogP contribution < -0.4 is 5.32 Å². The molecule has 0 aliphatic carbocycles. The average molecular weight is 285 g/mol. The van der Waals surface area contributed by atoms with Gasteiger partial charge in [-0.2, -0.15) is 0 Å². The van der Waals surface area contributed by atoms with Crippen molar-refractivity contribution in [1.29, 1.82) is 0 Å². The van der Waals surface area contributed by atoms with Gasteiger partial charge in [0.15, 0.2) is 5.58 Å². The van der Waals surface area contributed by atoms with Crippen LogP contribution in [0.1, 0.15) is 11.1 Å². The Morgan fingerprint density at radius 2 is 2.05 bits per heavy atom. The average Bonchev–Trinajstić information content (AvgIpc) is 2.89. The van der Waals surface area contributed by atoms with Crippen LogP contribution in [0.4, 0.5) is 0 Å².